The molecule has 6 heteroatoms. The maximum atomic E-state index is 5.98. The van der Waals surface area contributed by atoms with Crippen molar-refractivity contribution in [3.05, 3.63) is 29.8 Å². The van der Waals surface area contributed by atoms with Gasteiger partial charge < -0.3 is 4.74 Å². The van der Waals surface area contributed by atoms with E-state index in [0.717, 1.165) is 24.2 Å². The number of methoxy groups -OCH3 is 1. The van der Waals surface area contributed by atoms with Crippen LogP contribution in [0.2, 0.25) is 0 Å². The van der Waals surface area contributed by atoms with E-state index in [2.05, 4.69) is 17.1 Å². The third-order valence-corrected chi connectivity index (χ3v) is 3.27. The highest BCUT2D eigenvalue weighted by molar-refractivity contribution is 6.44. The summed E-state index contributed by atoms with van der Waals surface area (Å²) in [5.74, 6) is 0.596. The SMILES string of the molecule is C=Cc1ccc(C(Cl)Cl)c(OC)c1N1N=CCCN1. The fraction of sp³-hybridized carbons (Fsp3) is 0.308. The molecule has 1 aromatic rings. The van der Waals surface area contributed by atoms with E-state index in [9.17, 15) is 0 Å². The zero-order valence-electron chi connectivity index (χ0n) is 10.6. The van der Waals surface area contributed by atoms with E-state index >= 15 is 0 Å². The fourth-order valence-electron chi connectivity index (χ4n) is 1.92. The van der Waals surface area contributed by atoms with Crippen molar-refractivity contribution in [3.63, 3.8) is 0 Å². The Bertz CT molecular complexity index is 503. The molecule has 102 valence electrons. The molecular weight excluding hydrogens is 285 g/mol. The molecule has 0 aromatic heterocycles. The van der Waals surface area contributed by atoms with E-state index in [1.54, 1.807) is 18.3 Å². The van der Waals surface area contributed by atoms with Crippen LogP contribution in [0.15, 0.2) is 23.8 Å². The van der Waals surface area contributed by atoms with Crippen LogP contribution in [0.4, 0.5) is 5.69 Å². The van der Waals surface area contributed by atoms with Crippen molar-refractivity contribution in [2.75, 3.05) is 18.8 Å². The van der Waals surface area contributed by atoms with Crippen molar-refractivity contribution in [1.82, 2.24) is 5.43 Å². The molecule has 0 atom stereocenters. The smallest absolute Gasteiger partial charge is 0.152 e. The number of benzene rings is 1. The van der Waals surface area contributed by atoms with E-state index in [1.807, 2.05) is 18.3 Å². The molecule has 1 aliphatic heterocycles. The number of nitrogens with zero attached hydrogens (tertiary/aromatic N) is 2. The number of anilines is 1. The van der Waals surface area contributed by atoms with Crippen molar-refractivity contribution in [2.24, 2.45) is 5.10 Å². The molecular formula is C13H15Cl2N3O. The fourth-order valence-corrected chi connectivity index (χ4v) is 2.27. The van der Waals surface area contributed by atoms with Crippen molar-refractivity contribution < 1.29 is 4.74 Å². The molecule has 1 heterocycles. The molecule has 0 aliphatic carbocycles. The van der Waals surface area contributed by atoms with Gasteiger partial charge in [-0.3, -0.25) is 0 Å². The molecule has 0 unspecified atom stereocenters. The molecule has 4 nitrogen and oxygen atoms in total. The Kier molecular flexibility index (Phi) is 4.69. The van der Waals surface area contributed by atoms with Crippen LogP contribution in [0.5, 0.6) is 5.75 Å². The number of hydrazine groups is 1. The third-order valence-electron chi connectivity index (χ3n) is 2.80. The lowest BCUT2D eigenvalue weighted by Gasteiger charge is -2.27. The number of nitrogens with one attached hydrogen (secondary N) is 1. The number of hydrogen-bond donors (Lipinski definition) is 1. The van der Waals surface area contributed by atoms with E-state index in [-0.39, 0.29) is 0 Å². The molecule has 0 fully saturated rings. The van der Waals surface area contributed by atoms with Crippen LogP contribution in [0.25, 0.3) is 6.08 Å². The van der Waals surface area contributed by atoms with E-state index in [0.29, 0.717) is 11.3 Å². The topological polar surface area (TPSA) is 36.9 Å². The normalized spacial score (nSPS) is 14.8. The Labute approximate surface area is 122 Å². The predicted octanol–water partition coefficient (Wildman–Crippen LogP) is 3.51. The first kappa shape index (κ1) is 14.2. The Morgan fingerprint density at radius 2 is 2.32 bits per heavy atom. The monoisotopic (exact) mass is 299 g/mol. The molecule has 0 radical (unpaired) electrons. The van der Waals surface area contributed by atoms with Crippen LogP contribution in [0.3, 0.4) is 0 Å². The number of rotatable bonds is 4. The van der Waals surface area contributed by atoms with Gasteiger partial charge in [-0.25, -0.2) is 5.43 Å². The second-order valence-corrected chi connectivity index (χ2v) is 5.03. The molecule has 0 saturated carbocycles. The lowest BCUT2D eigenvalue weighted by atomic mass is 10.1. The minimum atomic E-state index is -0.665. The lowest BCUT2D eigenvalue weighted by molar-refractivity contribution is 0.408. The first-order valence-electron chi connectivity index (χ1n) is 5.86. The minimum Gasteiger partial charge on any atom is -0.494 e. The Morgan fingerprint density at radius 3 is 2.84 bits per heavy atom. The Hall–Kier alpha value is -1.23. The van der Waals surface area contributed by atoms with Crippen molar-refractivity contribution >= 4 is 41.2 Å². The molecule has 1 N–H and O–H groups in total. The first-order valence-corrected chi connectivity index (χ1v) is 6.74. The average Bonchev–Trinajstić information content (AvgIpc) is 2.46. The van der Waals surface area contributed by atoms with Gasteiger partial charge in [0.15, 0.2) is 5.75 Å². The van der Waals surface area contributed by atoms with Gasteiger partial charge in [0.25, 0.3) is 0 Å². The summed E-state index contributed by atoms with van der Waals surface area (Å²) < 4.78 is 5.46. The molecule has 0 bridgehead atoms. The quantitative estimate of drug-likeness (QED) is 0.865. The van der Waals surface area contributed by atoms with E-state index in [4.69, 9.17) is 27.9 Å². The number of ether oxygens (including phenoxy) is 1. The predicted molar refractivity (Wildman–Crippen MR) is 81.1 cm³/mol. The standard InChI is InChI=1S/C13H15Cl2N3O/c1-3-9-5-6-10(13(14)15)12(19-2)11(9)18-16-7-4-8-17-18/h3,5-7,13,17H,1,4,8H2,2H3. The van der Waals surface area contributed by atoms with Crippen molar-refractivity contribution in [1.29, 1.82) is 0 Å². The van der Waals surface area contributed by atoms with Crippen LogP contribution in [-0.2, 0) is 0 Å². The average molecular weight is 300 g/mol. The summed E-state index contributed by atoms with van der Waals surface area (Å²) in [6.07, 6.45) is 4.47. The van der Waals surface area contributed by atoms with E-state index in [1.165, 1.54) is 0 Å². The van der Waals surface area contributed by atoms with Gasteiger partial charge in [0.05, 0.1) is 7.11 Å². The highest BCUT2D eigenvalue weighted by atomic mass is 35.5. The highest BCUT2D eigenvalue weighted by Crippen LogP contribution is 2.42. The summed E-state index contributed by atoms with van der Waals surface area (Å²) in [5.41, 5.74) is 5.53. The van der Waals surface area contributed by atoms with Gasteiger partial charge in [0.2, 0.25) is 0 Å². The number of alkyl halides is 2. The zero-order chi connectivity index (χ0) is 13.8. The summed E-state index contributed by atoms with van der Waals surface area (Å²) in [7, 11) is 1.58. The van der Waals surface area contributed by atoms with Gasteiger partial charge in [0, 0.05) is 23.9 Å². The lowest BCUT2D eigenvalue weighted by Crippen LogP contribution is -2.38. The minimum absolute atomic E-state index is 0.596. The second kappa shape index (κ2) is 6.28. The Morgan fingerprint density at radius 1 is 1.53 bits per heavy atom. The number of hydrazone groups is 1. The summed E-state index contributed by atoms with van der Waals surface area (Å²) >= 11 is 12.0. The van der Waals surface area contributed by atoms with Crippen molar-refractivity contribution in [3.8, 4) is 5.75 Å². The van der Waals surface area contributed by atoms with Gasteiger partial charge in [-0.2, -0.15) is 10.2 Å². The zero-order valence-corrected chi connectivity index (χ0v) is 12.1. The maximum Gasteiger partial charge on any atom is 0.152 e. The van der Waals surface area contributed by atoms with Gasteiger partial charge in [-0.15, -0.1) is 0 Å². The van der Waals surface area contributed by atoms with Gasteiger partial charge in [0.1, 0.15) is 10.5 Å². The number of hydrogen-bond acceptors (Lipinski definition) is 4. The summed E-state index contributed by atoms with van der Waals surface area (Å²) in [6.45, 7) is 4.61. The molecule has 0 saturated heterocycles. The molecule has 2 rings (SSSR count). The van der Waals surface area contributed by atoms with Crippen LogP contribution < -0.4 is 15.3 Å². The molecule has 19 heavy (non-hydrogen) atoms. The molecule has 1 aromatic carbocycles. The Balaban J connectivity index is 2.59. The summed E-state index contributed by atoms with van der Waals surface area (Å²) in [6, 6.07) is 3.72. The molecule has 1 aliphatic rings. The maximum absolute atomic E-state index is 5.98. The van der Waals surface area contributed by atoms with Gasteiger partial charge in [-0.1, -0.05) is 48.0 Å². The first-order chi connectivity index (χ1) is 9.19. The largest absolute Gasteiger partial charge is 0.494 e. The van der Waals surface area contributed by atoms with Crippen LogP contribution in [0, 0.1) is 0 Å². The molecule has 0 amide bonds. The second-order valence-electron chi connectivity index (χ2n) is 3.94. The van der Waals surface area contributed by atoms with Crippen molar-refractivity contribution in [2.45, 2.75) is 11.3 Å². The summed E-state index contributed by atoms with van der Waals surface area (Å²) in [4.78, 5) is -0.665. The van der Waals surface area contributed by atoms with Crippen LogP contribution in [0.1, 0.15) is 22.4 Å². The van der Waals surface area contributed by atoms with Crippen LogP contribution in [-0.4, -0.2) is 19.9 Å². The van der Waals surface area contributed by atoms with Gasteiger partial charge in [-0.05, 0) is 6.42 Å². The van der Waals surface area contributed by atoms with Gasteiger partial charge >= 0.3 is 0 Å². The number of halogens is 2. The van der Waals surface area contributed by atoms with E-state index < -0.39 is 4.84 Å². The highest BCUT2D eigenvalue weighted by Gasteiger charge is 2.22. The van der Waals surface area contributed by atoms with Crippen LogP contribution >= 0.6 is 23.2 Å². The molecule has 0 spiro atoms. The summed E-state index contributed by atoms with van der Waals surface area (Å²) in [5, 5.41) is 5.97. The third kappa shape index (κ3) is 2.86.